The second kappa shape index (κ2) is 8.11. The van der Waals surface area contributed by atoms with Crippen LogP contribution in [0.3, 0.4) is 0 Å². The molecule has 1 aromatic heterocycles. The van der Waals surface area contributed by atoms with E-state index in [9.17, 15) is 4.79 Å². The summed E-state index contributed by atoms with van der Waals surface area (Å²) in [5.74, 6) is 0.773. The molecule has 0 spiro atoms. The molecule has 2 aromatic carbocycles. The molecule has 3 rings (SSSR count). The van der Waals surface area contributed by atoms with Crippen LogP contribution >= 0.6 is 0 Å². The topological polar surface area (TPSA) is 76.1 Å². The quantitative estimate of drug-likeness (QED) is 0.711. The van der Waals surface area contributed by atoms with Crippen molar-refractivity contribution in [1.82, 2.24) is 9.97 Å². The fourth-order valence-electron chi connectivity index (χ4n) is 2.47. The summed E-state index contributed by atoms with van der Waals surface area (Å²) >= 11 is 0. The fourth-order valence-corrected chi connectivity index (χ4v) is 2.47. The molecule has 0 fully saturated rings. The summed E-state index contributed by atoms with van der Waals surface area (Å²) in [5.41, 5.74) is 3.24. The van der Waals surface area contributed by atoms with E-state index in [-0.39, 0.29) is 11.6 Å². The summed E-state index contributed by atoms with van der Waals surface area (Å²) in [6.07, 6.45) is 1.56. The fraction of sp³-hybridized carbons (Fsp3) is 0.150. The number of aryl methyl sites for hydroxylation is 1. The van der Waals surface area contributed by atoms with Crippen LogP contribution in [0.5, 0.6) is 5.75 Å². The zero-order valence-electron chi connectivity index (χ0n) is 14.7. The second-order valence-electron chi connectivity index (χ2n) is 5.79. The highest BCUT2D eigenvalue weighted by Gasteiger charge is 2.10. The molecule has 2 N–H and O–H groups in total. The molecule has 132 valence electrons. The van der Waals surface area contributed by atoms with Gasteiger partial charge in [0.25, 0.3) is 5.91 Å². The van der Waals surface area contributed by atoms with E-state index in [4.69, 9.17) is 4.74 Å². The first-order valence-electron chi connectivity index (χ1n) is 8.22. The van der Waals surface area contributed by atoms with Crippen molar-refractivity contribution < 1.29 is 9.53 Å². The number of carbonyl (C=O) groups excluding carboxylic acids is 1. The van der Waals surface area contributed by atoms with E-state index in [2.05, 4.69) is 26.7 Å². The molecule has 6 nitrogen and oxygen atoms in total. The molecule has 0 bridgehead atoms. The van der Waals surface area contributed by atoms with Gasteiger partial charge < -0.3 is 15.4 Å². The monoisotopic (exact) mass is 348 g/mol. The van der Waals surface area contributed by atoms with E-state index in [1.54, 1.807) is 31.5 Å². The Bertz CT molecular complexity index is 912. The number of rotatable bonds is 6. The predicted octanol–water partition coefficient (Wildman–Crippen LogP) is 3.66. The van der Waals surface area contributed by atoms with Crippen LogP contribution in [-0.2, 0) is 6.54 Å². The van der Waals surface area contributed by atoms with Gasteiger partial charge in [0.15, 0.2) is 0 Å². The maximum Gasteiger partial charge on any atom is 0.274 e. The van der Waals surface area contributed by atoms with Gasteiger partial charge in [0.05, 0.1) is 7.11 Å². The largest absolute Gasteiger partial charge is 0.497 e. The minimum atomic E-state index is -0.306. The third-order valence-corrected chi connectivity index (χ3v) is 3.75. The first-order valence-corrected chi connectivity index (χ1v) is 8.22. The first-order chi connectivity index (χ1) is 12.6. The van der Waals surface area contributed by atoms with Crippen LogP contribution in [0.2, 0.25) is 0 Å². The average molecular weight is 348 g/mol. The Hall–Kier alpha value is -3.41. The Labute approximate surface area is 152 Å². The lowest BCUT2D eigenvalue weighted by Gasteiger charge is -2.08. The number of carbonyl (C=O) groups is 1. The predicted molar refractivity (Wildman–Crippen MR) is 101 cm³/mol. The molecule has 0 unspecified atom stereocenters. The number of hydrogen-bond donors (Lipinski definition) is 2. The number of methoxy groups -OCH3 is 1. The molecule has 0 aliphatic carbocycles. The lowest BCUT2D eigenvalue weighted by Crippen LogP contribution is -2.15. The standard InChI is InChI=1S/C20H20N4O2/c1-14-5-3-6-15(11-14)13-22-20-21-10-9-18(24-20)19(25)23-16-7-4-8-17(12-16)26-2/h3-12H,13H2,1-2H3,(H,23,25)(H,21,22,24). The molecular formula is C20H20N4O2. The second-order valence-corrected chi connectivity index (χ2v) is 5.79. The van der Waals surface area contributed by atoms with Gasteiger partial charge in [-0.15, -0.1) is 0 Å². The van der Waals surface area contributed by atoms with E-state index < -0.39 is 0 Å². The molecule has 1 heterocycles. The Morgan fingerprint density at radius 2 is 1.96 bits per heavy atom. The van der Waals surface area contributed by atoms with Crippen molar-refractivity contribution in [3.8, 4) is 5.75 Å². The SMILES string of the molecule is COc1cccc(NC(=O)c2ccnc(NCc3cccc(C)c3)n2)c1. The molecule has 6 heteroatoms. The number of nitrogens with zero attached hydrogens (tertiary/aromatic N) is 2. The maximum absolute atomic E-state index is 12.4. The summed E-state index contributed by atoms with van der Waals surface area (Å²) in [5, 5.41) is 5.95. The highest BCUT2D eigenvalue weighted by Crippen LogP contribution is 2.17. The molecule has 0 radical (unpaired) electrons. The highest BCUT2D eigenvalue weighted by molar-refractivity contribution is 6.03. The van der Waals surface area contributed by atoms with Crippen LogP contribution in [0.4, 0.5) is 11.6 Å². The molecule has 0 aliphatic heterocycles. The first kappa shape index (κ1) is 17.4. The number of amides is 1. The number of hydrogen-bond acceptors (Lipinski definition) is 5. The summed E-state index contributed by atoms with van der Waals surface area (Å²) < 4.78 is 5.16. The van der Waals surface area contributed by atoms with Crippen LogP contribution in [0.15, 0.2) is 60.8 Å². The van der Waals surface area contributed by atoms with Gasteiger partial charge in [0.2, 0.25) is 5.95 Å². The molecule has 0 saturated carbocycles. The number of anilines is 2. The van der Waals surface area contributed by atoms with Gasteiger partial charge in [-0.25, -0.2) is 9.97 Å². The molecule has 0 aliphatic rings. The lowest BCUT2D eigenvalue weighted by atomic mass is 10.1. The molecule has 3 aromatic rings. The number of benzene rings is 2. The molecule has 0 saturated heterocycles. The Morgan fingerprint density at radius 3 is 2.77 bits per heavy atom. The summed E-state index contributed by atoms with van der Waals surface area (Å²) in [6, 6.07) is 16.9. The van der Waals surface area contributed by atoms with Crippen LogP contribution in [0.25, 0.3) is 0 Å². The van der Waals surface area contributed by atoms with Crippen molar-refractivity contribution in [2.75, 3.05) is 17.7 Å². The van der Waals surface area contributed by atoms with E-state index in [1.807, 2.05) is 37.3 Å². The number of nitrogens with one attached hydrogen (secondary N) is 2. The minimum absolute atomic E-state index is 0.287. The number of ether oxygens (including phenoxy) is 1. The normalized spacial score (nSPS) is 10.2. The van der Waals surface area contributed by atoms with Gasteiger partial charge in [0.1, 0.15) is 11.4 Å². The summed E-state index contributed by atoms with van der Waals surface area (Å²) in [7, 11) is 1.58. The lowest BCUT2D eigenvalue weighted by molar-refractivity contribution is 0.102. The summed E-state index contributed by atoms with van der Waals surface area (Å²) in [4.78, 5) is 20.9. The van der Waals surface area contributed by atoms with E-state index in [0.29, 0.717) is 23.9 Å². The van der Waals surface area contributed by atoms with E-state index >= 15 is 0 Å². The van der Waals surface area contributed by atoms with Crippen molar-refractivity contribution in [1.29, 1.82) is 0 Å². The summed E-state index contributed by atoms with van der Waals surface area (Å²) in [6.45, 7) is 2.63. The van der Waals surface area contributed by atoms with Crippen LogP contribution in [0.1, 0.15) is 21.6 Å². The molecule has 26 heavy (non-hydrogen) atoms. The van der Waals surface area contributed by atoms with Gasteiger partial charge in [-0.3, -0.25) is 4.79 Å². The molecular weight excluding hydrogens is 328 g/mol. The van der Waals surface area contributed by atoms with Crippen molar-refractivity contribution in [3.05, 3.63) is 77.6 Å². The number of aromatic nitrogens is 2. The minimum Gasteiger partial charge on any atom is -0.497 e. The van der Waals surface area contributed by atoms with Crippen molar-refractivity contribution in [2.45, 2.75) is 13.5 Å². The van der Waals surface area contributed by atoms with Crippen molar-refractivity contribution >= 4 is 17.5 Å². The zero-order valence-corrected chi connectivity index (χ0v) is 14.7. The smallest absolute Gasteiger partial charge is 0.274 e. The van der Waals surface area contributed by atoms with Gasteiger partial charge in [0, 0.05) is 24.5 Å². The van der Waals surface area contributed by atoms with Crippen LogP contribution in [-0.4, -0.2) is 23.0 Å². The van der Waals surface area contributed by atoms with Crippen LogP contribution < -0.4 is 15.4 Å². The van der Waals surface area contributed by atoms with Crippen molar-refractivity contribution in [2.24, 2.45) is 0 Å². The Kier molecular flexibility index (Phi) is 5.43. The molecule has 0 atom stereocenters. The molecule has 1 amide bonds. The van der Waals surface area contributed by atoms with E-state index in [0.717, 1.165) is 5.56 Å². The van der Waals surface area contributed by atoms with Gasteiger partial charge in [-0.1, -0.05) is 35.9 Å². The van der Waals surface area contributed by atoms with Crippen molar-refractivity contribution in [3.63, 3.8) is 0 Å². The van der Waals surface area contributed by atoms with Gasteiger partial charge in [-0.05, 0) is 30.7 Å². The van der Waals surface area contributed by atoms with Crippen LogP contribution in [0, 0.1) is 6.92 Å². The maximum atomic E-state index is 12.4. The third kappa shape index (κ3) is 4.57. The average Bonchev–Trinajstić information content (AvgIpc) is 2.67. The zero-order chi connectivity index (χ0) is 18.4. The Morgan fingerprint density at radius 1 is 1.12 bits per heavy atom. The van der Waals surface area contributed by atoms with Gasteiger partial charge in [-0.2, -0.15) is 0 Å². The van der Waals surface area contributed by atoms with Gasteiger partial charge >= 0.3 is 0 Å². The Balaban J connectivity index is 1.67. The highest BCUT2D eigenvalue weighted by atomic mass is 16.5. The third-order valence-electron chi connectivity index (χ3n) is 3.75. The van der Waals surface area contributed by atoms with E-state index in [1.165, 1.54) is 5.56 Å².